The summed E-state index contributed by atoms with van der Waals surface area (Å²) in [5.74, 6) is 1.96. The van der Waals surface area contributed by atoms with Gasteiger partial charge in [-0.15, -0.1) is 0 Å². The molecule has 0 saturated heterocycles. The molecule has 224 valence electrons. The van der Waals surface area contributed by atoms with Crippen LogP contribution in [0.15, 0.2) is 176 Å². The Morgan fingerprint density at radius 1 is 0.229 bits per heavy atom. The second-order valence-corrected chi connectivity index (χ2v) is 12.0. The first-order valence-electron chi connectivity index (χ1n) is 16.2. The van der Waals surface area contributed by atoms with Crippen molar-refractivity contribution in [2.45, 2.75) is 0 Å². The van der Waals surface area contributed by atoms with E-state index in [9.17, 15) is 0 Å². The molecule has 0 fully saturated rings. The van der Waals surface area contributed by atoms with E-state index < -0.39 is 0 Å². The molecule has 1 aromatic heterocycles. The van der Waals surface area contributed by atoms with Gasteiger partial charge >= 0.3 is 0 Å². The van der Waals surface area contributed by atoms with Crippen LogP contribution in [0, 0.1) is 0 Å². The molecule has 0 atom stereocenters. The van der Waals surface area contributed by atoms with Crippen molar-refractivity contribution in [3.8, 4) is 56.4 Å². The smallest absolute Gasteiger partial charge is 0.164 e. The molecular formula is C45H29N3. The molecule has 0 amide bonds. The van der Waals surface area contributed by atoms with Crippen molar-refractivity contribution in [1.82, 2.24) is 15.0 Å². The monoisotopic (exact) mass is 611 g/mol. The summed E-state index contributed by atoms with van der Waals surface area (Å²) in [6.45, 7) is 0. The number of fused-ring (bicyclic) bond motifs is 5. The number of aromatic nitrogens is 3. The predicted molar refractivity (Wildman–Crippen MR) is 200 cm³/mol. The third-order valence-electron chi connectivity index (χ3n) is 9.16. The normalized spacial score (nSPS) is 11.3. The Hall–Kier alpha value is -6.45. The van der Waals surface area contributed by atoms with Crippen LogP contribution in [0.3, 0.4) is 0 Å². The topological polar surface area (TPSA) is 38.7 Å². The highest BCUT2D eigenvalue weighted by Gasteiger charge is 2.16. The molecule has 0 radical (unpaired) electrons. The summed E-state index contributed by atoms with van der Waals surface area (Å²) in [5.41, 5.74) is 7.46. The first kappa shape index (κ1) is 27.8. The summed E-state index contributed by atoms with van der Waals surface area (Å²) in [5, 5.41) is 7.63. The molecule has 9 rings (SSSR count). The van der Waals surface area contributed by atoms with Crippen LogP contribution < -0.4 is 0 Å². The molecule has 1 heterocycles. The molecule has 48 heavy (non-hydrogen) atoms. The second kappa shape index (κ2) is 11.7. The van der Waals surface area contributed by atoms with E-state index in [0.717, 1.165) is 27.8 Å². The zero-order valence-electron chi connectivity index (χ0n) is 26.1. The van der Waals surface area contributed by atoms with Gasteiger partial charge in [-0.3, -0.25) is 0 Å². The number of nitrogens with zero attached hydrogens (tertiary/aromatic N) is 3. The Labute approximate surface area is 278 Å². The number of hydrogen-bond acceptors (Lipinski definition) is 3. The molecule has 0 saturated carbocycles. The number of benzene rings is 8. The van der Waals surface area contributed by atoms with E-state index in [4.69, 9.17) is 15.0 Å². The average Bonchev–Trinajstić information content (AvgIpc) is 3.18. The maximum atomic E-state index is 5.01. The van der Waals surface area contributed by atoms with Gasteiger partial charge in [-0.2, -0.15) is 0 Å². The van der Waals surface area contributed by atoms with Crippen LogP contribution in [-0.4, -0.2) is 15.0 Å². The summed E-state index contributed by atoms with van der Waals surface area (Å²) in [7, 11) is 0. The quantitative estimate of drug-likeness (QED) is 0.182. The molecule has 0 aliphatic heterocycles. The lowest BCUT2D eigenvalue weighted by Crippen LogP contribution is -2.01. The van der Waals surface area contributed by atoms with Crippen molar-refractivity contribution in [3.63, 3.8) is 0 Å². The van der Waals surface area contributed by atoms with E-state index in [0.29, 0.717) is 17.5 Å². The van der Waals surface area contributed by atoms with Crippen LogP contribution in [0.25, 0.3) is 88.7 Å². The fraction of sp³-hybridized carbons (Fsp3) is 0. The summed E-state index contributed by atoms with van der Waals surface area (Å²) in [4.78, 5) is 14.9. The fourth-order valence-corrected chi connectivity index (χ4v) is 6.80. The largest absolute Gasteiger partial charge is 0.208 e. The van der Waals surface area contributed by atoms with Crippen molar-refractivity contribution in [2.24, 2.45) is 0 Å². The van der Waals surface area contributed by atoms with Gasteiger partial charge in [0.2, 0.25) is 0 Å². The van der Waals surface area contributed by atoms with Gasteiger partial charge in [0.15, 0.2) is 17.5 Å². The lowest BCUT2D eigenvalue weighted by atomic mass is 9.91. The van der Waals surface area contributed by atoms with Crippen molar-refractivity contribution >= 4 is 32.3 Å². The molecular weight excluding hydrogens is 583 g/mol. The summed E-state index contributed by atoms with van der Waals surface area (Å²) >= 11 is 0. The first-order chi connectivity index (χ1) is 23.8. The zero-order chi connectivity index (χ0) is 31.9. The molecule has 0 N–H and O–H groups in total. The SMILES string of the molecule is c1ccc(-c2nc(-c3ccccc3)nc(-c3ccccc3-c3ccc(-c4cccc5c4ccc4c6ccccc6ccc54)cc3)n2)cc1. The Kier molecular flexibility index (Phi) is 6.80. The van der Waals surface area contributed by atoms with E-state index in [1.807, 2.05) is 66.7 Å². The minimum absolute atomic E-state index is 0.649. The van der Waals surface area contributed by atoms with Crippen LogP contribution in [0.1, 0.15) is 0 Å². The van der Waals surface area contributed by atoms with Gasteiger partial charge in [-0.05, 0) is 54.6 Å². The molecule has 0 aliphatic carbocycles. The van der Waals surface area contributed by atoms with E-state index in [2.05, 4.69) is 109 Å². The summed E-state index contributed by atoms with van der Waals surface area (Å²) < 4.78 is 0. The molecule has 8 aromatic carbocycles. The van der Waals surface area contributed by atoms with Crippen LogP contribution in [0.2, 0.25) is 0 Å². The van der Waals surface area contributed by atoms with E-state index >= 15 is 0 Å². The summed E-state index contributed by atoms with van der Waals surface area (Å²) in [6.07, 6.45) is 0. The molecule has 9 aromatic rings. The minimum atomic E-state index is 0.649. The molecule has 0 unspecified atom stereocenters. The summed E-state index contributed by atoms with van der Waals surface area (Å²) in [6, 6.07) is 61.7. The van der Waals surface area contributed by atoms with Gasteiger partial charge < -0.3 is 0 Å². The first-order valence-corrected chi connectivity index (χ1v) is 16.2. The Morgan fingerprint density at radius 3 is 1.40 bits per heavy atom. The Bertz CT molecular complexity index is 2540. The van der Waals surface area contributed by atoms with Gasteiger partial charge in [0.25, 0.3) is 0 Å². The number of hydrogen-bond donors (Lipinski definition) is 0. The highest BCUT2D eigenvalue weighted by atomic mass is 15.0. The average molecular weight is 612 g/mol. The maximum Gasteiger partial charge on any atom is 0.164 e. The van der Waals surface area contributed by atoms with Crippen LogP contribution in [0.5, 0.6) is 0 Å². The van der Waals surface area contributed by atoms with Gasteiger partial charge in [0.1, 0.15) is 0 Å². The maximum absolute atomic E-state index is 5.01. The Morgan fingerprint density at radius 2 is 0.688 bits per heavy atom. The van der Waals surface area contributed by atoms with E-state index in [1.54, 1.807) is 0 Å². The van der Waals surface area contributed by atoms with Gasteiger partial charge in [-0.1, -0.05) is 176 Å². The van der Waals surface area contributed by atoms with E-state index in [-0.39, 0.29) is 0 Å². The van der Waals surface area contributed by atoms with Crippen LogP contribution in [0.4, 0.5) is 0 Å². The van der Waals surface area contributed by atoms with Crippen molar-refractivity contribution in [3.05, 3.63) is 176 Å². The van der Waals surface area contributed by atoms with E-state index in [1.165, 1.54) is 43.4 Å². The lowest BCUT2D eigenvalue weighted by Gasteiger charge is -2.13. The molecule has 0 bridgehead atoms. The highest BCUT2D eigenvalue weighted by molar-refractivity contribution is 6.19. The third-order valence-corrected chi connectivity index (χ3v) is 9.16. The molecule has 3 nitrogen and oxygen atoms in total. The van der Waals surface area contributed by atoms with Crippen molar-refractivity contribution in [2.75, 3.05) is 0 Å². The third kappa shape index (κ3) is 4.90. The fourth-order valence-electron chi connectivity index (χ4n) is 6.80. The molecule has 0 spiro atoms. The van der Waals surface area contributed by atoms with Crippen LogP contribution in [-0.2, 0) is 0 Å². The highest BCUT2D eigenvalue weighted by Crippen LogP contribution is 2.38. The molecule has 3 heteroatoms. The van der Waals surface area contributed by atoms with Crippen molar-refractivity contribution < 1.29 is 0 Å². The van der Waals surface area contributed by atoms with Gasteiger partial charge in [0, 0.05) is 16.7 Å². The molecule has 0 aliphatic rings. The standard InChI is InChI=1S/C45H29N3/c1-3-13-33(14-4-1)43-46-44(34-15-5-2-6-16-34)48-45(47-43)42-19-10-9-18-37(42)32-24-22-31(23-25-32)36-20-11-21-38-39(36)28-29-40-35-17-8-7-12-30(35)26-27-41(38)40/h1-29H. The van der Waals surface area contributed by atoms with Gasteiger partial charge in [-0.25, -0.2) is 15.0 Å². The van der Waals surface area contributed by atoms with Crippen LogP contribution >= 0.6 is 0 Å². The van der Waals surface area contributed by atoms with Gasteiger partial charge in [0.05, 0.1) is 0 Å². The zero-order valence-corrected chi connectivity index (χ0v) is 26.1. The predicted octanol–water partition coefficient (Wildman–Crippen LogP) is 11.7. The Balaban J connectivity index is 1.14. The number of rotatable bonds is 5. The lowest BCUT2D eigenvalue weighted by molar-refractivity contribution is 1.07. The second-order valence-electron chi connectivity index (χ2n) is 12.0. The minimum Gasteiger partial charge on any atom is -0.208 e. The van der Waals surface area contributed by atoms with Crippen molar-refractivity contribution in [1.29, 1.82) is 0 Å².